The Bertz CT molecular complexity index is 874. The van der Waals surface area contributed by atoms with Gasteiger partial charge in [-0.25, -0.2) is 0 Å². The topological polar surface area (TPSA) is 17.1 Å². The van der Waals surface area contributed by atoms with E-state index in [2.05, 4.69) is 43.3 Å². The van der Waals surface area contributed by atoms with Gasteiger partial charge in [0.1, 0.15) is 0 Å². The molecule has 1 nitrogen and oxygen atoms in total. The first-order chi connectivity index (χ1) is 11.6. The normalized spacial score (nSPS) is 11.3. The van der Waals surface area contributed by atoms with Crippen molar-refractivity contribution >= 4 is 17.4 Å². The zero-order valence-corrected chi connectivity index (χ0v) is 14.0. The van der Waals surface area contributed by atoms with E-state index in [1.807, 2.05) is 48.5 Å². The van der Waals surface area contributed by atoms with Crippen molar-refractivity contribution in [1.82, 2.24) is 0 Å². The van der Waals surface area contributed by atoms with Crippen LogP contribution in [-0.4, -0.2) is 5.78 Å². The quantitative estimate of drug-likeness (QED) is 0.440. The molecule has 0 spiro atoms. The van der Waals surface area contributed by atoms with Crippen molar-refractivity contribution in [2.75, 3.05) is 0 Å². The molecule has 0 saturated heterocycles. The fraction of sp³-hybridized carbons (Fsp3) is 0.0870. The van der Waals surface area contributed by atoms with Crippen molar-refractivity contribution in [3.8, 4) is 0 Å². The minimum Gasteiger partial charge on any atom is -0.294 e. The van der Waals surface area contributed by atoms with Gasteiger partial charge < -0.3 is 0 Å². The Morgan fingerprint density at radius 3 is 2.04 bits per heavy atom. The van der Waals surface area contributed by atoms with Gasteiger partial charge in [0, 0.05) is 5.56 Å². The van der Waals surface area contributed by atoms with Gasteiger partial charge in [0.05, 0.1) is 0 Å². The van der Waals surface area contributed by atoms with E-state index in [1.165, 1.54) is 0 Å². The molecule has 0 aliphatic carbocycles. The highest BCUT2D eigenvalue weighted by atomic mass is 16.1. The van der Waals surface area contributed by atoms with Gasteiger partial charge in [-0.1, -0.05) is 84.4 Å². The van der Waals surface area contributed by atoms with Gasteiger partial charge in [-0.3, -0.25) is 4.79 Å². The summed E-state index contributed by atoms with van der Waals surface area (Å²) in [6.45, 7) is 3.68. The molecule has 0 bridgehead atoms. The smallest absolute Gasteiger partial charge is 0.160 e. The average Bonchev–Trinajstić information content (AvgIpc) is 2.61. The van der Waals surface area contributed by atoms with E-state index >= 15 is 0 Å². The number of carbonyl (C=O) groups is 1. The maximum atomic E-state index is 12.1. The molecule has 1 heteroatoms. The summed E-state index contributed by atoms with van der Waals surface area (Å²) in [7, 11) is 0. The summed E-state index contributed by atoms with van der Waals surface area (Å²) < 4.78 is 0. The summed E-state index contributed by atoms with van der Waals surface area (Å²) in [5, 5.41) is 0. The minimum absolute atomic E-state index is 0.0832. The minimum atomic E-state index is 0.0832. The Hall–Kier alpha value is -2.93. The molecule has 0 unspecified atom stereocenters. The lowest BCUT2D eigenvalue weighted by atomic mass is 9.90. The molecule has 0 N–H and O–H groups in total. The van der Waals surface area contributed by atoms with Crippen molar-refractivity contribution in [3.63, 3.8) is 0 Å². The van der Waals surface area contributed by atoms with E-state index in [0.29, 0.717) is 0 Å². The van der Waals surface area contributed by atoms with Crippen molar-refractivity contribution in [3.05, 3.63) is 107 Å². The number of Topliss-reactive ketones (excluding diaryl/α,β-unsaturated/α-hetero) is 1. The van der Waals surface area contributed by atoms with Crippen LogP contribution in [0.5, 0.6) is 0 Å². The van der Waals surface area contributed by atoms with Gasteiger partial charge in [-0.2, -0.15) is 0 Å². The van der Waals surface area contributed by atoms with Gasteiger partial charge in [0.2, 0.25) is 0 Å². The molecule has 0 radical (unpaired) electrons. The first kappa shape index (κ1) is 15.9. The van der Waals surface area contributed by atoms with Crippen molar-refractivity contribution in [1.29, 1.82) is 0 Å². The second-order valence-electron chi connectivity index (χ2n) is 5.94. The highest BCUT2D eigenvalue weighted by Gasteiger charge is 2.13. The second kappa shape index (κ2) is 7.10. The molecule has 3 aromatic carbocycles. The molecule has 118 valence electrons. The molecule has 0 amide bonds. The van der Waals surface area contributed by atoms with E-state index < -0.39 is 0 Å². The summed E-state index contributed by atoms with van der Waals surface area (Å²) in [5.41, 5.74) is 6.17. The number of benzene rings is 3. The molecule has 0 atom stereocenters. The molecule has 3 aromatic rings. The number of hydrogen-bond donors (Lipinski definition) is 0. The molecule has 0 saturated carbocycles. The van der Waals surface area contributed by atoms with E-state index in [9.17, 15) is 4.79 Å². The number of carbonyl (C=O) groups excluding carboxylic acids is 1. The van der Waals surface area contributed by atoms with Gasteiger partial charge >= 0.3 is 0 Å². The lowest BCUT2D eigenvalue weighted by Crippen LogP contribution is -2.01. The average molecular weight is 312 g/mol. The third-order valence-electron chi connectivity index (χ3n) is 4.04. The van der Waals surface area contributed by atoms with Crippen LogP contribution in [0.4, 0.5) is 0 Å². The van der Waals surface area contributed by atoms with Crippen LogP contribution in [0.3, 0.4) is 0 Å². The van der Waals surface area contributed by atoms with Crippen molar-refractivity contribution < 1.29 is 4.79 Å². The van der Waals surface area contributed by atoms with Crippen LogP contribution in [0.25, 0.3) is 11.6 Å². The predicted octanol–water partition coefficient (Wildman–Crippen LogP) is 5.79. The Labute approximate surface area is 143 Å². The molecule has 0 aromatic heterocycles. The van der Waals surface area contributed by atoms with Crippen molar-refractivity contribution in [2.24, 2.45) is 0 Å². The second-order valence-corrected chi connectivity index (χ2v) is 5.94. The van der Waals surface area contributed by atoms with Crippen molar-refractivity contribution in [2.45, 2.75) is 13.8 Å². The lowest BCUT2D eigenvalue weighted by Gasteiger charge is -2.14. The predicted molar refractivity (Wildman–Crippen MR) is 101 cm³/mol. The first-order valence-corrected chi connectivity index (χ1v) is 8.09. The Morgan fingerprint density at radius 2 is 1.42 bits per heavy atom. The summed E-state index contributed by atoms with van der Waals surface area (Å²) in [6.07, 6.45) is 2.15. The summed E-state index contributed by atoms with van der Waals surface area (Å²) in [6, 6.07) is 26.4. The van der Waals surface area contributed by atoms with Crippen LogP contribution < -0.4 is 0 Å². The van der Waals surface area contributed by atoms with Crippen LogP contribution in [0.15, 0.2) is 78.9 Å². The first-order valence-electron chi connectivity index (χ1n) is 8.09. The van der Waals surface area contributed by atoms with Crippen LogP contribution in [0.2, 0.25) is 0 Å². The molecule has 0 fully saturated rings. The maximum absolute atomic E-state index is 12.1. The zero-order valence-electron chi connectivity index (χ0n) is 14.0. The molecule has 24 heavy (non-hydrogen) atoms. The number of ketones is 1. The third-order valence-corrected chi connectivity index (χ3v) is 4.04. The van der Waals surface area contributed by atoms with Crippen LogP contribution in [0.1, 0.15) is 39.5 Å². The zero-order chi connectivity index (χ0) is 16.9. The number of rotatable bonds is 4. The van der Waals surface area contributed by atoms with Crippen LogP contribution >= 0.6 is 0 Å². The van der Waals surface area contributed by atoms with E-state index in [-0.39, 0.29) is 5.78 Å². The Morgan fingerprint density at radius 1 is 0.792 bits per heavy atom. The van der Waals surface area contributed by atoms with Crippen LogP contribution in [0, 0.1) is 6.92 Å². The van der Waals surface area contributed by atoms with E-state index in [1.54, 1.807) is 6.92 Å². The molecule has 0 heterocycles. The standard InChI is InChI=1S/C23H20O/c1-17-13-14-21(18(2)24)23(15-17)22(20-11-7-4-8-12-20)16-19-9-5-3-6-10-19/h3-16H,1-2H3/b22-16+. The molecular weight excluding hydrogens is 292 g/mol. The fourth-order valence-corrected chi connectivity index (χ4v) is 2.84. The third kappa shape index (κ3) is 3.52. The highest BCUT2D eigenvalue weighted by molar-refractivity contribution is 6.04. The van der Waals surface area contributed by atoms with E-state index in [0.717, 1.165) is 33.4 Å². The fourth-order valence-electron chi connectivity index (χ4n) is 2.84. The van der Waals surface area contributed by atoms with Gasteiger partial charge in [0.15, 0.2) is 5.78 Å². The van der Waals surface area contributed by atoms with Gasteiger partial charge in [-0.15, -0.1) is 0 Å². The van der Waals surface area contributed by atoms with Crippen LogP contribution in [-0.2, 0) is 0 Å². The Balaban J connectivity index is 2.25. The summed E-state index contributed by atoms with van der Waals surface area (Å²) >= 11 is 0. The highest BCUT2D eigenvalue weighted by Crippen LogP contribution is 2.29. The SMILES string of the molecule is CC(=O)c1ccc(C)cc1/C(=C/c1ccccc1)c1ccccc1. The molecular formula is C23H20O. The summed E-state index contributed by atoms with van der Waals surface area (Å²) in [5.74, 6) is 0.0832. The molecule has 3 rings (SSSR count). The number of hydrogen-bond acceptors (Lipinski definition) is 1. The monoisotopic (exact) mass is 312 g/mol. The van der Waals surface area contributed by atoms with Gasteiger partial charge in [0.25, 0.3) is 0 Å². The molecule has 0 aliphatic heterocycles. The maximum Gasteiger partial charge on any atom is 0.160 e. The number of aryl methyl sites for hydroxylation is 1. The van der Waals surface area contributed by atoms with Gasteiger partial charge in [-0.05, 0) is 42.2 Å². The van der Waals surface area contributed by atoms with E-state index in [4.69, 9.17) is 0 Å². The summed E-state index contributed by atoms with van der Waals surface area (Å²) in [4.78, 5) is 12.1. The lowest BCUT2D eigenvalue weighted by molar-refractivity contribution is 0.101. The largest absolute Gasteiger partial charge is 0.294 e. The molecule has 0 aliphatic rings. The Kier molecular flexibility index (Phi) is 4.72.